The molecule has 2 aromatic rings. The second-order valence-electron chi connectivity index (χ2n) is 8.24. The number of hydrogen-bond acceptors (Lipinski definition) is 5. The topological polar surface area (TPSA) is 73.3 Å². The molecule has 1 N–H and O–H groups in total. The average Bonchev–Trinajstić information content (AvgIpc) is 2.65. The molecule has 1 saturated carbocycles. The summed E-state index contributed by atoms with van der Waals surface area (Å²) in [7, 11) is 1.60. The van der Waals surface area contributed by atoms with E-state index in [-0.39, 0.29) is 12.1 Å². The highest BCUT2D eigenvalue weighted by Gasteiger charge is 2.23. The number of fused-ring (bicyclic) bond motifs is 1. The van der Waals surface area contributed by atoms with Gasteiger partial charge in [0.2, 0.25) is 5.88 Å². The fourth-order valence-electron chi connectivity index (χ4n) is 3.44. The van der Waals surface area contributed by atoms with E-state index in [4.69, 9.17) is 9.47 Å². The molecule has 28 heavy (non-hydrogen) atoms. The fraction of sp³-hybridized carbons (Fsp3) is 0.500. The van der Waals surface area contributed by atoms with Crippen LogP contribution < -0.4 is 10.1 Å². The fourth-order valence-corrected chi connectivity index (χ4v) is 3.44. The van der Waals surface area contributed by atoms with Crippen molar-refractivity contribution >= 4 is 23.2 Å². The molecule has 0 spiro atoms. The molecule has 0 bridgehead atoms. The highest BCUT2D eigenvalue weighted by molar-refractivity contribution is 5.84. The number of para-hydroxylation sites is 1. The molecule has 150 valence electrons. The number of rotatable bonds is 4. The third-order valence-corrected chi connectivity index (χ3v) is 4.83. The molecular formula is C22H29N3O3. The van der Waals surface area contributed by atoms with Gasteiger partial charge in [-0.3, -0.25) is 0 Å². The van der Waals surface area contributed by atoms with Gasteiger partial charge < -0.3 is 14.8 Å². The number of carbonyl (C=O) groups excluding carboxylic acids is 1. The number of methoxy groups -OCH3 is 1. The zero-order valence-electron chi connectivity index (χ0n) is 17.1. The summed E-state index contributed by atoms with van der Waals surface area (Å²) >= 11 is 0. The molecule has 0 saturated heterocycles. The Balaban J connectivity index is 1.58. The van der Waals surface area contributed by atoms with Gasteiger partial charge in [-0.1, -0.05) is 24.3 Å². The van der Waals surface area contributed by atoms with Gasteiger partial charge in [0.05, 0.1) is 24.3 Å². The lowest BCUT2D eigenvalue weighted by Crippen LogP contribution is -2.40. The molecule has 0 unspecified atom stereocenters. The Kier molecular flexibility index (Phi) is 6.17. The molecule has 6 heteroatoms. The Labute approximate surface area is 166 Å². The zero-order valence-corrected chi connectivity index (χ0v) is 17.1. The van der Waals surface area contributed by atoms with Gasteiger partial charge in [0.15, 0.2) is 0 Å². The average molecular weight is 383 g/mol. The van der Waals surface area contributed by atoms with E-state index in [9.17, 15) is 4.79 Å². The van der Waals surface area contributed by atoms with Gasteiger partial charge in [0.1, 0.15) is 5.60 Å². The van der Waals surface area contributed by atoms with E-state index in [2.05, 4.69) is 27.4 Å². The van der Waals surface area contributed by atoms with Crippen molar-refractivity contribution in [3.63, 3.8) is 0 Å². The summed E-state index contributed by atoms with van der Waals surface area (Å²) in [4.78, 5) is 20.9. The summed E-state index contributed by atoms with van der Waals surface area (Å²) in [6.07, 6.45) is 9.68. The van der Waals surface area contributed by atoms with Gasteiger partial charge in [-0.2, -0.15) is 0 Å². The van der Waals surface area contributed by atoms with E-state index in [1.165, 1.54) is 0 Å². The van der Waals surface area contributed by atoms with E-state index in [1.807, 2.05) is 39.0 Å². The SMILES string of the molecule is COc1cnc2cccc(/C=C/[C@H]3CC[C@H](NC(=O)OC(C)(C)C)CC3)c2n1. The maximum atomic E-state index is 11.9. The van der Waals surface area contributed by atoms with Crippen molar-refractivity contribution in [2.24, 2.45) is 5.92 Å². The predicted octanol–water partition coefficient (Wildman–Crippen LogP) is 4.74. The molecule has 1 amide bonds. The van der Waals surface area contributed by atoms with Crippen LogP contribution >= 0.6 is 0 Å². The highest BCUT2D eigenvalue weighted by atomic mass is 16.6. The molecule has 6 nitrogen and oxygen atoms in total. The molecule has 1 aliphatic rings. The molecule has 3 rings (SSSR count). The lowest BCUT2D eigenvalue weighted by Gasteiger charge is -2.28. The number of hydrogen-bond donors (Lipinski definition) is 1. The van der Waals surface area contributed by atoms with Crippen molar-refractivity contribution in [3.05, 3.63) is 36.0 Å². The van der Waals surface area contributed by atoms with Crippen LogP contribution in [0.4, 0.5) is 4.79 Å². The molecular weight excluding hydrogens is 354 g/mol. The van der Waals surface area contributed by atoms with Crippen LogP contribution in [0.3, 0.4) is 0 Å². The van der Waals surface area contributed by atoms with Crippen LogP contribution in [0.2, 0.25) is 0 Å². The van der Waals surface area contributed by atoms with Crippen molar-refractivity contribution in [1.82, 2.24) is 15.3 Å². The smallest absolute Gasteiger partial charge is 0.407 e. The van der Waals surface area contributed by atoms with Crippen molar-refractivity contribution in [2.45, 2.75) is 58.1 Å². The number of aromatic nitrogens is 2. The van der Waals surface area contributed by atoms with E-state index in [0.29, 0.717) is 11.8 Å². The second-order valence-corrected chi connectivity index (χ2v) is 8.24. The molecule has 0 radical (unpaired) electrons. The number of carbonyl (C=O) groups is 1. The number of allylic oxidation sites excluding steroid dienone is 1. The van der Waals surface area contributed by atoms with E-state index in [1.54, 1.807) is 13.3 Å². The third-order valence-electron chi connectivity index (χ3n) is 4.83. The summed E-state index contributed by atoms with van der Waals surface area (Å²) in [6.45, 7) is 5.63. The summed E-state index contributed by atoms with van der Waals surface area (Å²) < 4.78 is 10.5. The molecule has 1 aromatic heterocycles. The van der Waals surface area contributed by atoms with Gasteiger partial charge in [-0.05, 0) is 58.4 Å². The maximum Gasteiger partial charge on any atom is 0.407 e. The Morgan fingerprint density at radius 2 is 1.96 bits per heavy atom. The minimum Gasteiger partial charge on any atom is -0.480 e. The number of ether oxygens (including phenoxy) is 2. The maximum absolute atomic E-state index is 11.9. The van der Waals surface area contributed by atoms with E-state index >= 15 is 0 Å². The summed E-state index contributed by atoms with van der Waals surface area (Å²) in [5.74, 6) is 1.01. The van der Waals surface area contributed by atoms with Crippen LogP contribution in [-0.2, 0) is 4.74 Å². The van der Waals surface area contributed by atoms with Crippen molar-refractivity contribution in [3.8, 4) is 5.88 Å². The van der Waals surface area contributed by atoms with Crippen LogP contribution in [0.1, 0.15) is 52.0 Å². The normalized spacial score (nSPS) is 20.3. The minimum absolute atomic E-state index is 0.187. The Hall–Kier alpha value is -2.63. The Bertz CT molecular complexity index is 850. The van der Waals surface area contributed by atoms with Gasteiger partial charge in [-0.15, -0.1) is 0 Å². The van der Waals surface area contributed by atoms with Gasteiger partial charge >= 0.3 is 6.09 Å². The molecule has 1 fully saturated rings. The van der Waals surface area contributed by atoms with Gasteiger partial charge in [0.25, 0.3) is 0 Å². The molecule has 0 atom stereocenters. The molecule has 1 aromatic carbocycles. The first-order valence-corrected chi connectivity index (χ1v) is 9.81. The van der Waals surface area contributed by atoms with Crippen LogP contribution in [0.25, 0.3) is 17.1 Å². The molecule has 1 heterocycles. The van der Waals surface area contributed by atoms with Crippen LogP contribution in [0.5, 0.6) is 5.88 Å². The first-order valence-electron chi connectivity index (χ1n) is 9.81. The lowest BCUT2D eigenvalue weighted by molar-refractivity contribution is 0.0490. The molecule has 0 aliphatic heterocycles. The third kappa shape index (κ3) is 5.44. The lowest BCUT2D eigenvalue weighted by atomic mass is 9.85. The Morgan fingerprint density at radius 1 is 1.21 bits per heavy atom. The quantitative estimate of drug-likeness (QED) is 0.826. The largest absolute Gasteiger partial charge is 0.480 e. The number of alkyl carbamates (subject to hydrolysis) is 1. The van der Waals surface area contributed by atoms with Crippen LogP contribution in [0, 0.1) is 5.92 Å². The first kappa shape index (κ1) is 20.1. The summed E-state index contributed by atoms with van der Waals surface area (Å²) in [5, 5.41) is 2.99. The van der Waals surface area contributed by atoms with E-state index in [0.717, 1.165) is 42.3 Å². The van der Waals surface area contributed by atoms with Crippen LogP contribution in [-0.4, -0.2) is 34.8 Å². The predicted molar refractivity (Wildman–Crippen MR) is 110 cm³/mol. The number of amides is 1. The van der Waals surface area contributed by atoms with Gasteiger partial charge in [0, 0.05) is 11.6 Å². The van der Waals surface area contributed by atoms with Gasteiger partial charge in [-0.25, -0.2) is 14.8 Å². The number of nitrogens with zero attached hydrogens (tertiary/aromatic N) is 2. The summed E-state index contributed by atoms with van der Waals surface area (Å²) in [5.41, 5.74) is 2.28. The first-order chi connectivity index (χ1) is 13.3. The standard InChI is InChI=1S/C22H29N3O3/c1-22(2,3)28-21(26)24-17-12-9-15(10-13-17)8-11-16-6-5-7-18-20(16)25-19(27-4)14-23-18/h5-8,11,14-15,17H,9-10,12-13H2,1-4H3,(H,24,26)/b11-8+/t15-,17-. The van der Waals surface area contributed by atoms with E-state index < -0.39 is 5.60 Å². The monoisotopic (exact) mass is 383 g/mol. The second kappa shape index (κ2) is 8.59. The van der Waals surface area contributed by atoms with Crippen molar-refractivity contribution in [2.75, 3.05) is 7.11 Å². The summed E-state index contributed by atoms with van der Waals surface area (Å²) in [6, 6.07) is 6.17. The Morgan fingerprint density at radius 3 is 2.64 bits per heavy atom. The van der Waals surface area contributed by atoms with Crippen molar-refractivity contribution in [1.29, 1.82) is 0 Å². The zero-order chi connectivity index (χ0) is 20.1. The van der Waals surface area contributed by atoms with Crippen LogP contribution in [0.15, 0.2) is 30.5 Å². The highest BCUT2D eigenvalue weighted by Crippen LogP contribution is 2.27. The minimum atomic E-state index is -0.464. The number of benzene rings is 1. The molecule has 1 aliphatic carbocycles. The number of nitrogens with one attached hydrogen (secondary N) is 1. The van der Waals surface area contributed by atoms with Crippen molar-refractivity contribution < 1.29 is 14.3 Å².